The third-order valence-electron chi connectivity index (χ3n) is 3.52. The normalized spacial score (nSPS) is 12.2. The lowest BCUT2D eigenvalue weighted by Gasteiger charge is -2.09. The minimum Gasteiger partial charge on any atom is -0.355 e. The lowest BCUT2D eigenvalue weighted by molar-refractivity contribution is -0.120. The summed E-state index contributed by atoms with van der Waals surface area (Å²) >= 11 is 2.69. The van der Waals surface area contributed by atoms with Crippen LogP contribution in [0.3, 0.4) is 0 Å². The van der Waals surface area contributed by atoms with Gasteiger partial charge in [0.1, 0.15) is 4.83 Å². The highest BCUT2D eigenvalue weighted by Crippen LogP contribution is 2.31. The zero-order chi connectivity index (χ0) is 17.1. The van der Waals surface area contributed by atoms with Crippen molar-refractivity contribution < 1.29 is 4.79 Å². The van der Waals surface area contributed by atoms with Crippen LogP contribution in [0.15, 0.2) is 45.7 Å². The second kappa shape index (κ2) is 7.19. The predicted octanol–water partition coefficient (Wildman–Crippen LogP) is 3.27. The summed E-state index contributed by atoms with van der Waals surface area (Å²) in [5.74, 6) is -0.0681. The highest BCUT2D eigenvalue weighted by Gasteiger charge is 2.17. The van der Waals surface area contributed by atoms with Gasteiger partial charge in [0.15, 0.2) is 5.16 Å². The number of rotatable bonds is 5. The van der Waals surface area contributed by atoms with Gasteiger partial charge in [-0.05, 0) is 19.4 Å². The molecule has 0 spiro atoms. The molecule has 3 aromatic rings. The van der Waals surface area contributed by atoms with E-state index in [0.717, 1.165) is 11.1 Å². The summed E-state index contributed by atoms with van der Waals surface area (Å²) in [5.41, 5.74) is 1.70. The highest BCUT2D eigenvalue weighted by atomic mass is 32.2. The van der Waals surface area contributed by atoms with Crippen LogP contribution < -0.4 is 10.9 Å². The molecule has 1 amide bonds. The molecule has 7 heteroatoms. The van der Waals surface area contributed by atoms with Crippen molar-refractivity contribution in [2.75, 3.05) is 6.54 Å². The average Bonchev–Trinajstić information content (AvgIpc) is 3.00. The molecule has 0 saturated carbocycles. The minimum atomic E-state index is -0.320. The summed E-state index contributed by atoms with van der Waals surface area (Å²) in [6, 6.07) is 9.77. The van der Waals surface area contributed by atoms with Crippen LogP contribution in [0.25, 0.3) is 21.3 Å². The Hall–Kier alpha value is -2.12. The first-order valence-corrected chi connectivity index (χ1v) is 9.37. The molecule has 0 unspecified atom stereocenters. The number of amides is 1. The van der Waals surface area contributed by atoms with Gasteiger partial charge < -0.3 is 10.3 Å². The molecule has 0 aliphatic carbocycles. The third-order valence-corrected chi connectivity index (χ3v) is 5.37. The van der Waals surface area contributed by atoms with E-state index in [1.165, 1.54) is 23.1 Å². The van der Waals surface area contributed by atoms with Crippen molar-refractivity contribution in [3.05, 3.63) is 46.1 Å². The van der Waals surface area contributed by atoms with Crippen LogP contribution in [0, 0.1) is 0 Å². The maximum absolute atomic E-state index is 12.5. The van der Waals surface area contributed by atoms with Crippen LogP contribution in [0.5, 0.6) is 0 Å². The first-order chi connectivity index (χ1) is 11.6. The van der Waals surface area contributed by atoms with E-state index in [-0.39, 0.29) is 16.7 Å². The number of H-pyrrole nitrogens is 1. The molecule has 0 fully saturated rings. The standard InChI is InChI=1S/C17H17N3O2S2/c1-3-18-14(21)10(2)24-17-19-15(22)13-12(9-23-16(13)20-17)11-7-5-4-6-8-11/h4-10H,3H2,1-2H3,(H,18,21)(H,19,20,22)/t10-/m1/s1. The van der Waals surface area contributed by atoms with E-state index in [0.29, 0.717) is 21.9 Å². The lowest BCUT2D eigenvalue weighted by atomic mass is 10.1. The van der Waals surface area contributed by atoms with Crippen LogP contribution in [-0.4, -0.2) is 27.7 Å². The van der Waals surface area contributed by atoms with Crippen LogP contribution in [0.4, 0.5) is 0 Å². The molecule has 24 heavy (non-hydrogen) atoms. The summed E-state index contributed by atoms with van der Waals surface area (Å²) in [6.45, 7) is 4.25. The second-order valence-electron chi connectivity index (χ2n) is 5.22. The molecule has 0 aliphatic heterocycles. The molecule has 1 atom stereocenters. The van der Waals surface area contributed by atoms with Gasteiger partial charge in [-0.2, -0.15) is 0 Å². The van der Waals surface area contributed by atoms with Crippen molar-refractivity contribution in [2.45, 2.75) is 24.3 Å². The van der Waals surface area contributed by atoms with Crippen molar-refractivity contribution in [1.82, 2.24) is 15.3 Å². The van der Waals surface area contributed by atoms with Crippen LogP contribution >= 0.6 is 23.1 Å². The van der Waals surface area contributed by atoms with Gasteiger partial charge in [0, 0.05) is 17.5 Å². The first kappa shape index (κ1) is 16.7. The number of fused-ring (bicyclic) bond motifs is 1. The molecule has 0 saturated heterocycles. The Labute approximate surface area is 147 Å². The Morgan fingerprint density at radius 1 is 1.38 bits per heavy atom. The largest absolute Gasteiger partial charge is 0.355 e. The Bertz CT molecular complexity index is 918. The van der Waals surface area contributed by atoms with Crippen LogP contribution in [-0.2, 0) is 4.79 Å². The number of benzene rings is 1. The van der Waals surface area contributed by atoms with E-state index in [2.05, 4.69) is 15.3 Å². The molecule has 0 bridgehead atoms. The van der Waals surface area contributed by atoms with Crippen molar-refractivity contribution in [1.29, 1.82) is 0 Å². The lowest BCUT2D eigenvalue weighted by Crippen LogP contribution is -2.30. The van der Waals surface area contributed by atoms with Crippen LogP contribution in [0.2, 0.25) is 0 Å². The van der Waals surface area contributed by atoms with E-state index in [1.54, 1.807) is 6.92 Å². The number of hydrogen-bond acceptors (Lipinski definition) is 5. The number of nitrogens with one attached hydrogen (secondary N) is 2. The number of carbonyl (C=O) groups is 1. The Morgan fingerprint density at radius 2 is 2.12 bits per heavy atom. The van der Waals surface area contributed by atoms with Crippen molar-refractivity contribution in [3.8, 4) is 11.1 Å². The number of hydrogen-bond donors (Lipinski definition) is 2. The molecule has 5 nitrogen and oxygen atoms in total. The van der Waals surface area contributed by atoms with Crippen molar-refractivity contribution in [2.24, 2.45) is 0 Å². The second-order valence-corrected chi connectivity index (χ2v) is 7.41. The van der Waals surface area contributed by atoms with E-state index in [4.69, 9.17) is 0 Å². The van der Waals surface area contributed by atoms with E-state index in [9.17, 15) is 9.59 Å². The Kier molecular flexibility index (Phi) is 5.01. The van der Waals surface area contributed by atoms with Gasteiger partial charge >= 0.3 is 0 Å². The maximum Gasteiger partial charge on any atom is 0.260 e. The highest BCUT2D eigenvalue weighted by molar-refractivity contribution is 8.00. The quantitative estimate of drug-likeness (QED) is 0.542. The fourth-order valence-corrected chi connectivity index (χ4v) is 4.18. The topological polar surface area (TPSA) is 74.8 Å². The number of thioether (sulfide) groups is 1. The van der Waals surface area contributed by atoms with Crippen LogP contribution in [0.1, 0.15) is 13.8 Å². The van der Waals surface area contributed by atoms with E-state index in [1.807, 2.05) is 42.6 Å². The molecule has 2 heterocycles. The minimum absolute atomic E-state index is 0.0681. The smallest absolute Gasteiger partial charge is 0.260 e. The first-order valence-electron chi connectivity index (χ1n) is 7.61. The number of thiophene rings is 1. The van der Waals surface area contributed by atoms with Gasteiger partial charge in [-0.15, -0.1) is 11.3 Å². The molecule has 124 valence electrons. The van der Waals surface area contributed by atoms with Gasteiger partial charge in [0.25, 0.3) is 5.56 Å². The van der Waals surface area contributed by atoms with Gasteiger partial charge in [0.2, 0.25) is 5.91 Å². The molecule has 1 aromatic carbocycles. The molecule has 2 N–H and O–H groups in total. The van der Waals surface area contributed by atoms with E-state index < -0.39 is 0 Å². The maximum atomic E-state index is 12.5. The van der Waals surface area contributed by atoms with Gasteiger partial charge in [-0.1, -0.05) is 42.1 Å². The summed E-state index contributed by atoms with van der Waals surface area (Å²) in [7, 11) is 0. The predicted molar refractivity (Wildman–Crippen MR) is 99.7 cm³/mol. The summed E-state index contributed by atoms with van der Waals surface area (Å²) in [4.78, 5) is 32.4. The molecular formula is C17H17N3O2S2. The Balaban J connectivity index is 1.95. The summed E-state index contributed by atoms with van der Waals surface area (Å²) in [6.07, 6.45) is 0. The fraction of sp³-hybridized carbons (Fsp3) is 0.235. The van der Waals surface area contributed by atoms with Crippen molar-refractivity contribution in [3.63, 3.8) is 0 Å². The molecule has 2 aromatic heterocycles. The van der Waals surface area contributed by atoms with Crippen molar-refractivity contribution >= 4 is 39.2 Å². The van der Waals surface area contributed by atoms with Gasteiger partial charge in [0.05, 0.1) is 10.6 Å². The van der Waals surface area contributed by atoms with Gasteiger partial charge in [-0.25, -0.2) is 4.98 Å². The number of nitrogens with zero attached hydrogens (tertiary/aromatic N) is 1. The monoisotopic (exact) mass is 359 g/mol. The zero-order valence-corrected chi connectivity index (χ0v) is 15.0. The number of aromatic nitrogens is 2. The summed E-state index contributed by atoms with van der Waals surface area (Å²) < 4.78 is 0. The molecule has 3 rings (SSSR count). The fourth-order valence-electron chi connectivity index (χ4n) is 2.35. The molecule has 0 aliphatic rings. The zero-order valence-electron chi connectivity index (χ0n) is 13.3. The van der Waals surface area contributed by atoms with E-state index >= 15 is 0 Å². The SMILES string of the molecule is CCNC(=O)[C@@H](C)Sc1nc2scc(-c3ccccc3)c2c(=O)[nH]1. The molecule has 0 radical (unpaired) electrons. The third kappa shape index (κ3) is 3.37. The average molecular weight is 359 g/mol. The van der Waals surface area contributed by atoms with Gasteiger partial charge in [-0.3, -0.25) is 9.59 Å². The number of carbonyl (C=O) groups excluding carboxylic acids is 1. The summed E-state index contributed by atoms with van der Waals surface area (Å²) in [5, 5.41) is 5.46. The molecular weight excluding hydrogens is 342 g/mol. The Morgan fingerprint density at radius 3 is 2.83 bits per heavy atom. The number of aromatic amines is 1.